The summed E-state index contributed by atoms with van der Waals surface area (Å²) in [6.45, 7) is 3.75. The van der Waals surface area contributed by atoms with Crippen molar-refractivity contribution in [3.05, 3.63) is 46.6 Å². The minimum atomic E-state index is -0.135. The molecule has 2 aromatic rings. The summed E-state index contributed by atoms with van der Waals surface area (Å²) in [5.74, 6) is 1.33. The van der Waals surface area contributed by atoms with Crippen LogP contribution in [0, 0.1) is 18.3 Å². The van der Waals surface area contributed by atoms with E-state index in [9.17, 15) is 0 Å². The van der Waals surface area contributed by atoms with Crippen molar-refractivity contribution in [1.29, 1.82) is 5.26 Å². The molecule has 1 heterocycles. The summed E-state index contributed by atoms with van der Waals surface area (Å²) in [5.41, 5.74) is 1.21. The lowest BCUT2D eigenvalue weighted by molar-refractivity contribution is 0.453. The Labute approximate surface area is 110 Å². The van der Waals surface area contributed by atoms with Gasteiger partial charge in [0.05, 0.1) is 17.4 Å². The van der Waals surface area contributed by atoms with Crippen LogP contribution in [0.25, 0.3) is 0 Å². The Kier molecular flexibility index (Phi) is 3.54. The molecule has 4 nitrogen and oxygen atoms in total. The van der Waals surface area contributed by atoms with Crippen LogP contribution in [0.3, 0.4) is 0 Å². The molecule has 1 aromatic heterocycles. The molecular formula is C13H12ClN3O. The van der Waals surface area contributed by atoms with Crippen LogP contribution in [-0.2, 0) is 0 Å². The van der Waals surface area contributed by atoms with E-state index < -0.39 is 0 Å². The minimum absolute atomic E-state index is 0.135. The molecule has 2 rings (SSSR count). The number of oxazole rings is 1. The standard InChI is InChI=1S/C13H12ClN3O/c1-8-7-16-13(18-8)9(2)17-12-5-11(14)4-3-10(12)6-15/h3-5,7,9,17H,1-2H3. The highest BCUT2D eigenvalue weighted by atomic mass is 35.5. The van der Waals surface area contributed by atoms with E-state index in [4.69, 9.17) is 21.3 Å². The Bertz CT molecular complexity index is 601. The number of nitriles is 1. The number of nitrogens with one attached hydrogen (secondary N) is 1. The highest BCUT2D eigenvalue weighted by Gasteiger charge is 2.13. The highest BCUT2D eigenvalue weighted by molar-refractivity contribution is 6.30. The first-order valence-electron chi connectivity index (χ1n) is 5.48. The number of aryl methyl sites for hydroxylation is 1. The first kappa shape index (κ1) is 12.5. The zero-order valence-electron chi connectivity index (χ0n) is 10.1. The molecule has 0 spiro atoms. The van der Waals surface area contributed by atoms with Gasteiger partial charge < -0.3 is 9.73 Å². The van der Waals surface area contributed by atoms with Crippen molar-refractivity contribution < 1.29 is 4.42 Å². The lowest BCUT2D eigenvalue weighted by atomic mass is 10.2. The largest absolute Gasteiger partial charge is 0.444 e. The predicted octanol–water partition coefficient (Wildman–Crippen LogP) is 3.68. The number of aromatic nitrogens is 1. The molecule has 1 N–H and O–H groups in total. The van der Waals surface area contributed by atoms with Crippen molar-refractivity contribution in [2.45, 2.75) is 19.9 Å². The number of nitrogens with zero attached hydrogens (tertiary/aromatic N) is 2. The van der Waals surface area contributed by atoms with Crippen molar-refractivity contribution in [1.82, 2.24) is 4.98 Å². The summed E-state index contributed by atoms with van der Waals surface area (Å²) in [6.07, 6.45) is 1.66. The van der Waals surface area contributed by atoms with Crippen LogP contribution >= 0.6 is 11.6 Å². The highest BCUT2D eigenvalue weighted by Crippen LogP contribution is 2.25. The summed E-state index contributed by atoms with van der Waals surface area (Å²) in [7, 11) is 0. The van der Waals surface area contributed by atoms with Gasteiger partial charge in [0, 0.05) is 5.02 Å². The quantitative estimate of drug-likeness (QED) is 0.915. The Morgan fingerprint density at radius 2 is 2.28 bits per heavy atom. The van der Waals surface area contributed by atoms with Gasteiger partial charge in [-0.1, -0.05) is 11.6 Å². The van der Waals surface area contributed by atoms with Crippen molar-refractivity contribution in [2.75, 3.05) is 5.32 Å². The zero-order chi connectivity index (χ0) is 13.1. The summed E-state index contributed by atoms with van der Waals surface area (Å²) in [6, 6.07) is 7.06. The molecular weight excluding hydrogens is 250 g/mol. The van der Waals surface area contributed by atoms with Crippen molar-refractivity contribution >= 4 is 17.3 Å². The predicted molar refractivity (Wildman–Crippen MR) is 69.4 cm³/mol. The number of rotatable bonds is 3. The van der Waals surface area contributed by atoms with Gasteiger partial charge in [-0.05, 0) is 32.0 Å². The number of benzene rings is 1. The van der Waals surface area contributed by atoms with Crippen LogP contribution in [0.1, 0.15) is 30.2 Å². The van der Waals surface area contributed by atoms with E-state index in [1.165, 1.54) is 0 Å². The molecule has 0 aliphatic heterocycles. The maximum absolute atomic E-state index is 9.02. The minimum Gasteiger partial charge on any atom is -0.444 e. The maximum Gasteiger partial charge on any atom is 0.216 e. The van der Waals surface area contributed by atoms with Crippen molar-refractivity contribution in [3.63, 3.8) is 0 Å². The lowest BCUT2D eigenvalue weighted by Crippen LogP contribution is -2.08. The van der Waals surface area contributed by atoms with Gasteiger partial charge in [0.25, 0.3) is 0 Å². The SMILES string of the molecule is Cc1cnc(C(C)Nc2cc(Cl)ccc2C#N)o1. The Balaban J connectivity index is 2.24. The first-order valence-corrected chi connectivity index (χ1v) is 5.86. The number of anilines is 1. The van der Waals surface area contributed by atoms with E-state index in [0.29, 0.717) is 22.2 Å². The first-order chi connectivity index (χ1) is 8.60. The molecule has 0 aliphatic rings. The second-order valence-corrected chi connectivity index (χ2v) is 4.41. The van der Waals surface area contributed by atoms with Crippen molar-refractivity contribution in [2.24, 2.45) is 0 Å². The van der Waals surface area contributed by atoms with E-state index in [0.717, 1.165) is 5.76 Å². The van der Waals surface area contributed by atoms with Gasteiger partial charge >= 0.3 is 0 Å². The van der Waals surface area contributed by atoms with E-state index in [1.807, 2.05) is 13.8 Å². The molecule has 5 heteroatoms. The molecule has 0 bridgehead atoms. The van der Waals surface area contributed by atoms with Crippen molar-refractivity contribution in [3.8, 4) is 6.07 Å². The van der Waals surface area contributed by atoms with Crippen LogP contribution in [-0.4, -0.2) is 4.98 Å². The van der Waals surface area contributed by atoms with E-state index >= 15 is 0 Å². The molecule has 0 saturated heterocycles. The average Bonchev–Trinajstić information content (AvgIpc) is 2.76. The monoisotopic (exact) mass is 261 g/mol. The van der Waals surface area contributed by atoms with Crippen LogP contribution in [0.2, 0.25) is 5.02 Å². The van der Waals surface area contributed by atoms with Gasteiger partial charge in [-0.3, -0.25) is 0 Å². The molecule has 1 unspecified atom stereocenters. The second-order valence-electron chi connectivity index (χ2n) is 3.98. The average molecular weight is 262 g/mol. The van der Waals surface area contributed by atoms with Gasteiger partial charge in [-0.15, -0.1) is 0 Å². The maximum atomic E-state index is 9.02. The fraction of sp³-hybridized carbons (Fsp3) is 0.231. The van der Waals surface area contributed by atoms with E-state index in [1.54, 1.807) is 24.4 Å². The normalized spacial score (nSPS) is 11.9. The Morgan fingerprint density at radius 1 is 1.50 bits per heavy atom. The van der Waals surface area contributed by atoms with Gasteiger partial charge in [0.1, 0.15) is 17.9 Å². The molecule has 1 atom stereocenters. The molecule has 0 saturated carbocycles. The molecule has 0 aliphatic carbocycles. The Morgan fingerprint density at radius 3 is 2.89 bits per heavy atom. The van der Waals surface area contributed by atoms with Gasteiger partial charge in [-0.2, -0.15) is 5.26 Å². The summed E-state index contributed by atoms with van der Waals surface area (Å²) >= 11 is 5.92. The third kappa shape index (κ3) is 2.63. The molecule has 0 fully saturated rings. The second kappa shape index (κ2) is 5.11. The Hall–Kier alpha value is -1.99. The molecule has 0 radical (unpaired) electrons. The third-order valence-corrected chi connectivity index (χ3v) is 2.72. The third-order valence-electron chi connectivity index (χ3n) is 2.48. The summed E-state index contributed by atoms with van der Waals surface area (Å²) in [4.78, 5) is 4.14. The molecule has 92 valence electrons. The van der Waals surface area contributed by atoms with Gasteiger partial charge in [0.2, 0.25) is 5.89 Å². The smallest absolute Gasteiger partial charge is 0.216 e. The van der Waals surface area contributed by atoms with E-state index in [2.05, 4.69) is 16.4 Å². The molecule has 1 aromatic carbocycles. The fourth-order valence-electron chi connectivity index (χ4n) is 1.60. The summed E-state index contributed by atoms with van der Waals surface area (Å²) < 4.78 is 5.43. The molecule has 0 amide bonds. The number of hydrogen-bond acceptors (Lipinski definition) is 4. The lowest BCUT2D eigenvalue weighted by Gasteiger charge is -2.13. The zero-order valence-corrected chi connectivity index (χ0v) is 10.8. The van der Waals surface area contributed by atoms with Gasteiger partial charge in [-0.25, -0.2) is 4.98 Å². The number of hydrogen-bond donors (Lipinski definition) is 1. The van der Waals surface area contributed by atoms with Crippen LogP contribution in [0.4, 0.5) is 5.69 Å². The number of halogens is 1. The summed E-state index contributed by atoms with van der Waals surface area (Å²) in [5, 5.41) is 12.8. The van der Waals surface area contributed by atoms with Crippen LogP contribution in [0.15, 0.2) is 28.8 Å². The topological polar surface area (TPSA) is 61.9 Å². The van der Waals surface area contributed by atoms with Gasteiger partial charge in [0.15, 0.2) is 0 Å². The van der Waals surface area contributed by atoms with Crippen LogP contribution in [0.5, 0.6) is 0 Å². The van der Waals surface area contributed by atoms with Crippen LogP contribution < -0.4 is 5.32 Å². The fourth-order valence-corrected chi connectivity index (χ4v) is 1.77. The molecule has 18 heavy (non-hydrogen) atoms. The van der Waals surface area contributed by atoms with E-state index in [-0.39, 0.29) is 6.04 Å².